The number of alkyl halides is 3. The standard InChI is InChI=1S/C22H29NO.C2HF3O2/c1-4-5-9-21(20-10-7-6-8-11-20)18-19-12-14-22(15-13-19)24-17-16-23(2)3;3-2(4,5)1(6)7/h6-8,10-15,18H,4-5,9,16-17H2,1-3H3;(H,6,7)/b21-18-;. The summed E-state index contributed by atoms with van der Waals surface area (Å²) in [4.78, 5) is 11.0. The Kier molecular flexibility index (Phi) is 11.4. The molecule has 0 aliphatic heterocycles. The first kappa shape index (κ1) is 26.2. The van der Waals surface area contributed by atoms with Crippen LogP contribution in [0, 0.1) is 0 Å². The van der Waals surface area contributed by atoms with E-state index in [0.29, 0.717) is 6.61 Å². The third-order valence-electron chi connectivity index (χ3n) is 4.21. The van der Waals surface area contributed by atoms with Crippen LogP contribution in [0.4, 0.5) is 13.2 Å². The van der Waals surface area contributed by atoms with E-state index in [9.17, 15) is 13.2 Å². The van der Waals surface area contributed by atoms with Gasteiger partial charge >= 0.3 is 12.1 Å². The Balaban J connectivity index is 0.000000592. The van der Waals surface area contributed by atoms with E-state index in [1.54, 1.807) is 0 Å². The van der Waals surface area contributed by atoms with Gasteiger partial charge in [0.2, 0.25) is 0 Å². The summed E-state index contributed by atoms with van der Waals surface area (Å²) in [6, 6.07) is 19.1. The van der Waals surface area contributed by atoms with E-state index in [2.05, 4.69) is 86.6 Å². The van der Waals surface area contributed by atoms with Crippen molar-refractivity contribution in [2.24, 2.45) is 0 Å². The highest BCUT2D eigenvalue weighted by molar-refractivity contribution is 5.81. The fourth-order valence-corrected chi connectivity index (χ4v) is 2.53. The molecule has 0 heterocycles. The number of halogens is 3. The van der Waals surface area contributed by atoms with Crippen LogP contribution in [-0.4, -0.2) is 49.4 Å². The van der Waals surface area contributed by atoms with Gasteiger partial charge in [-0.25, -0.2) is 4.79 Å². The molecule has 0 aliphatic carbocycles. The molecule has 1 N–H and O–H groups in total. The van der Waals surface area contributed by atoms with Crippen LogP contribution >= 0.6 is 0 Å². The molecule has 0 bridgehead atoms. The number of carbonyl (C=O) groups is 1. The number of ether oxygens (including phenoxy) is 1. The minimum Gasteiger partial charge on any atom is -0.492 e. The number of rotatable bonds is 9. The van der Waals surface area contributed by atoms with Crippen LogP contribution in [-0.2, 0) is 4.79 Å². The zero-order valence-corrected chi connectivity index (χ0v) is 18.2. The second kappa shape index (κ2) is 13.5. The number of likely N-dealkylation sites (N-methyl/N-ethyl adjacent to an activating group) is 1. The maximum absolute atomic E-state index is 10.6. The summed E-state index contributed by atoms with van der Waals surface area (Å²) in [7, 11) is 4.11. The minimum atomic E-state index is -5.08. The normalized spacial score (nSPS) is 11.6. The zero-order chi connectivity index (χ0) is 23.3. The Labute approximate surface area is 182 Å². The second-order valence-corrected chi connectivity index (χ2v) is 7.16. The van der Waals surface area contributed by atoms with Crippen molar-refractivity contribution in [3.63, 3.8) is 0 Å². The summed E-state index contributed by atoms with van der Waals surface area (Å²) in [5, 5.41) is 7.12. The van der Waals surface area contributed by atoms with Crippen molar-refractivity contribution in [2.75, 3.05) is 27.2 Å². The van der Waals surface area contributed by atoms with Gasteiger partial charge in [-0.3, -0.25) is 0 Å². The van der Waals surface area contributed by atoms with Crippen LogP contribution in [0.5, 0.6) is 5.75 Å². The van der Waals surface area contributed by atoms with Crippen LogP contribution in [0.25, 0.3) is 11.6 Å². The topological polar surface area (TPSA) is 49.8 Å². The summed E-state index contributed by atoms with van der Waals surface area (Å²) < 4.78 is 37.5. The summed E-state index contributed by atoms with van der Waals surface area (Å²) in [6.07, 6.45) is 0.755. The van der Waals surface area contributed by atoms with Crippen molar-refractivity contribution in [1.29, 1.82) is 0 Å². The Morgan fingerprint density at radius 1 is 1.06 bits per heavy atom. The van der Waals surface area contributed by atoms with Gasteiger partial charge in [0.1, 0.15) is 12.4 Å². The van der Waals surface area contributed by atoms with Crippen LogP contribution in [0.1, 0.15) is 37.3 Å². The quantitative estimate of drug-likeness (QED) is 0.490. The molecule has 2 aromatic carbocycles. The number of hydrogen-bond acceptors (Lipinski definition) is 3. The molecular weight excluding hydrogens is 407 g/mol. The number of unbranched alkanes of at least 4 members (excludes halogenated alkanes) is 1. The van der Waals surface area contributed by atoms with Gasteiger partial charge in [0.05, 0.1) is 0 Å². The fraction of sp³-hybridized carbons (Fsp3) is 0.375. The molecule has 7 heteroatoms. The van der Waals surface area contributed by atoms with Gasteiger partial charge < -0.3 is 14.7 Å². The van der Waals surface area contributed by atoms with Crippen LogP contribution in [0.3, 0.4) is 0 Å². The first-order valence-electron chi connectivity index (χ1n) is 10.1. The van der Waals surface area contributed by atoms with Gasteiger partial charge in [0.15, 0.2) is 0 Å². The lowest BCUT2D eigenvalue weighted by Gasteiger charge is -2.11. The lowest BCUT2D eigenvalue weighted by atomic mass is 9.98. The van der Waals surface area contributed by atoms with E-state index in [0.717, 1.165) is 18.7 Å². The summed E-state index contributed by atoms with van der Waals surface area (Å²) in [6.45, 7) is 3.88. The average molecular weight is 438 g/mol. The van der Waals surface area contributed by atoms with Gasteiger partial charge in [0, 0.05) is 6.54 Å². The predicted octanol–water partition coefficient (Wildman–Crippen LogP) is 5.99. The maximum Gasteiger partial charge on any atom is 0.490 e. The van der Waals surface area contributed by atoms with Crippen molar-refractivity contribution < 1.29 is 27.8 Å². The molecule has 2 rings (SSSR count). The number of hydrogen-bond donors (Lipinski definition) is 1. The van der Waals surface area contributed by atoms with Crippen LogP contribution in [0.2, 0.25) is 0 Å². The van der Waals surface area contributed by atoms with E-state index in [1.807, 2.05) is 0 Å². The van der Waals surface area contributed by atoms with E-state index < -0.39 is 12.1 Å². The van der Waals surface area contributed by atoms with E-state index in [4.69, 9.17) is 14.6 Å². The van der Waals surface area contributed by atoms with Crippen molar-refractivity contribution in [1.82, 2.24) is 4.90 Å². The van der Waals surface area contributed by atoms with Crippen molar-refractivity contribution >= 4 is 17.6 Å². The molecule has 31 heavy (non-hydrogen) atoms. The molecule has 0 spiro atoms. The number of carboxylic acids is 1. The number of aliphatic carboxylic acids is 1. The number of benzene rings is 2. The Morgan fingerprint density at radius 2 is 1.65 bits per heavy atom. The minimum absolute atomic E-state index is 0.716. The van der Waals surface area contributed by atoms with Crippen molar-refractivity contribution in [3.05, 3.63) is 65.7 Å². The molecule has 0 aliphatic rings. The third-order valence-corrected chi connectivity index (χ3v) is 4.21. The van der Waals surface area contributed by atoms with Gasteiger partial charge in [-0.05, 0) is 55.8 Å². The van der Waals surface area contributed by atoms with Crippen molar-refractivity contribution in [3.8, 4) is 5.75 Å². The Hall–Kier alpha value is -2.80. The molecule has 170 valence electrons. The molecule has 0 aromatic heterocycles. The number of allylic oxidation sites excluding steroid dienone is 1. The maximum atomic E-state index is 10.6. The van der Waals surface area contributed by atoms with Gasteiger partial charge in [-0.1, -0.05) is 61.9 Å². The number of carboxylic acid groups (broad SMARTS) is 1. The summed E-state index contributed by atoms with van der Waals surface area (Å²) in [5.74, 6) is -1.82. The van der Waals surface area contributed by atoms with E-state index >= 15 is 0 Å². The van der Waals surface area contributed by atoms with Crippen molar-refractivity contribution in [2.45, 2.75) is 32.4 Å². The molecule has 0 fully saturated rings. The highest BCUT2D eigenvalue weighted by Crippen LogP contribution is 2.24. The molecule has 4 nitrogen and oxygen atoms in total. The fourth-order valence-electron chi connectivity index (χ4n) is 2.53. The molecular formula is C24H30F3NO3. The van der Waals surface area contributed by atoms with Gasteiger partial charge in [0.25, 0.3) is 0 Å². The first-order valence-corrected chi connectivity index (χ1v) is 10.1. The predicted molar refractivity (Wildman–Crippen MR) is 118 cm³/mol. The molecule has 0 unspecified atom stereocenters. The third kappa shape index (κ3) is 11.2. The Bertz CT molecular complexity index is 801. The van der Waals surface area contributed by atoms with Crippen LogP contribution in [0.15, 0.2) is 54.6 Å². The molecule has 0 amide bonds. The lowest BCUT2D eigenvalue weighted by molar-refractivity contribution is -0.192. The lowest BCUT2D eigenvalue weighted by Crippen LogP contribution is -2.21. The average Bonchev–Trinajstić information content (AvgIpc) is 2.72. The molecule has 2 aromatic rings. The summed E-state index contributed by atoms with van der Waals surface area (Å²) >= 11 is 0. The monoisotopic (exact) mass is 437 g/mol. The van der Waals surface area contributed by atoms with Gasteiger partial charge in [-0.15, -0.1) is 0 Å². The van der Waals surface area contributed by atoms with Gasteiger partial charge in [-0.2, -0.15) is 13.2 Å². The molecule has 0 radical (unpaired) electrons. The smallest absolute Gasteiger partial charge is 0.490 e. The summed E-state index contributed by atoms with van der Waals surface area (Å²) in [5.41, 5.74) is 3.95. The largest absolute Gasteiger partial charge is 0.492 e. The molecule has 0 saturated heterocycles. The highest BCUT2D eigenvalue weighted by Gasteiger charge is 2.38. The van der Waals surface area contributed by atoms with Crippen LogP contribution < -0.4 is 4.74 Å². The highest BCUT2D eigenvalue weighted by atomic mass is 19.4. The SMILES string of the molecule is CCCC/C(=C/c1ccc(OCCN(C)C)cc1)c1ccccc1.O=C(O)C(F)(F)F. The Morgan fingerprint density at radius 3 is 2.13 bits per heavy atom. The molecule has 0 saturated carbocycles. The van der Waals surface area contributed by atoms with E-state index in [-0.39, 0.29) is 0 Å². The number of nitrogens with zero attached hydrogens (tertiary/aromatic N) is 1. The second-order valence-electron chi connectivity index (χ2n) is 7.16. The zero-order valence-electron chi connectivity index (χ0n) is 18.2. The van der Waals surface area contributed by atoms with E-state index in [1.165, 1.54) is 29.5 Å². The molecule has 0 atom stereocenters. The first-order chi connectivity index (χ1) is 14.6.